The Morgan fingerprint density at radius 2 is 1.27 bits per heavy atom. The van der Waals surface area contributed by atoms with Crippen molar-refractivity contribution in [3.05, 3.63) is 102 Å². The first-order chi connectivity index (χ1) is 24.1. The van der Waals surface area contributed by atoms with Crippen LogP contribution in [0.4, 0.5) is 13.2 Å². The lowest BCUT2D eigenvalue weighted by molar-refractivity contribution is -0.192. The Bertz CT molecular complexity index is 1610. The van der Waals surface area contributed by atoms with Gasteiger partial charge in [-0.3, -0.25) is 19.2 Å². The Labute approximate surface area is 293 Å². The Morgan fingerprint density at radius 3 is 1.78 bits per heavy atom. The van der Waals surface area contributed by atoms with E-state index in [9.17, 15) is 37.5 Å². The molecule has 1 aliphatic rings. The van der Waals surface area contributed by atoms with Crippen molar-refractivity contribution in [3.8, 4) is 5.75 Å². The van der Waals surface area contributed by atoms with E-state index >= 15 is 0 Å². The van der Waals surface area contributed by atoms with Crippen LogP contribution in [0, 0.1) is 11.8 Å². The molecule has 1 fully saturated rings. The fourth-order valence-electron chi connectivity index (χ4n) is 5.53. The number of carbonyl (C=O) groups excluding carboxylic acids is 4. The Balaban J connectivity index is 0.000000908. The second-order valence-electron chi connectivity index (χ2n) is 12.1. The van der Waals surface area contributed by atoms with Crippen molar-refractivity contribution in [2.75, 3.05) is 19.6 Å². The second kappa shape index (κ2) is 19.1. The van der Waals surface area contributed by atoms with E-state index in [0.29, 0.717) is 32.2 Å². The highest BCUT2D eigenvalue weighted by Gasteiger charge is 2.38. The van der Waals surface area contributed by atoms with E-state index in [2.05, 4.69) is 10.6 Å². The number of carbonyl (C=O) groups is 5. The molecule has 0 saturated carbocycles. The van der Waals surface area contributed by atoms with Crippen molar-refractivity contribution < 1.29 is 47.4 Å². The van der Waals surface area contributed by atoms with Crippen LogP contribution < -0.4 is 22.1 Å². The van der Waals surface area contributed by atoms with E-state index in [-0.39, 0.29) is 43.0 Å². The summed E-state index contributed by atoms with van der Waals surface area (Å²) in [7, 11) is 0. The quantitative estimate of drug-likeness (QED) is 0.146. The lowest BCUT2D eigenvalue weighted by Crippen LogP contribution is -2.53. The van der Waals surface area contributed by atoms with Crippen molar-refractivity contribution >= 4 is 29.6 Å². The number of hydrogen-bond acceptors (Lipinski definition) is 7. The highest BCUT2D eigenvalue weighted by Crippen LogP contribution is 2.20. The van der Waals surface area contributed by atoms with Crippen LogP contribution >= 0.6 is 0 Å². The van der Waals surface area contributed by atoms with Gasteiger partial charge in [0, 0.05) is 19.6 Å². The maximum Gasteiger partial charge on any atom is 0.490 e. The lowest BCUT2D eigenvalue weighted by Gasteiger charge is -2.27. The zero-order valence-corrected chi connectivity index (χ0v) is 27.7. The van der Waals surface area contributed by atoms with Crippen molar-refractivity contribution in [2.24, 2.45) is 23.3 Å². The summed E-state index contributed by atoms with van der Waals surface area (Å²) in [5, 5.41) is 22.4. The molecule has 3 aromatic carbocycles. The molecule has 3 aromatic rings. The summed E-state index contributed by atoms with van der Waals surface area (Å²) >= 11 is 0. The SMILES string of the molecule is NC(=O)[C@H](CNC(=O)[C@H](CNC(=O)[C@@H]1CCCN1C(=O)[C@@H](N)Cc1ccc(O)cc1)Cc1ccccc1)Cc1ccccc1.O=C(O)C(F)(F)F. The number of nitrogens with two attached hydrogens (primary N) is 2. The summed E-state index contributed by atoms with van der Waals surface area (Å²) in [6, 6.07) is 23.9. The largest absolute Gasteiger partial charge is 0.508 e. The zero-order chi connectivity index (χ0) is 37.6. The smallest absolute Gasteiger partial charge is 0.490 e. The molecule has 4 amide bonds. The lowest BCUT2D eigenvalue weighted by atomic mass is 9.96. The van der Waals surface area contributed by atoms with Gasteiger partial charge in [0.25, 0.3) is 0 Å². The van der Waals surface area contributed by atoms with Gasteiger partial charge in [-0.25, -0.2) is 4.79 Å². The first-order valence-corrected chi connectivity index (χ1v) is 16.2. The summed E-state index contributed by atoms with van der Waals surface area (Å²) in [4.78, 5) is 62.5. The molecule has 51 heavy (non-hydrogen) atoms. The number of phenolic OH excluding ortho intramolecular Hbond substituents is 1. The van der Waals surface area contributed by atoms with Crippen LogP contribution in [0.5, 0.6) is 5.75 Å². The Kier molecular flexibility index (Phi) is 15.0. The van der Waals surface area contributed by atoms with Gasteiger partial charge in [-0.2, -0.15) is 13.2 Å². The van der Waals surface area contributed by atoms with Crippen LogP contribution in [0.15, 0.2) is 84.9 Å². The van der Waals surface area contributed by atoms with Gasteiger partial charge in [-0.1, -0.05) is 72.8 Å². The number of aliphatic carboxylic acids is 1. The molecule has 1 saturated heterocycles. The molecule has 1 aliphatic heterocycles. The van der Waals surface area contributed by atoms with Gasteiger partial charge in [-0.05, 0) is 60.9 Å². The highest BCUT2D eigenvalue weighted by atomic mass is 19.4. The number of aromatic hydroxyl groups is 1. The van der Waals surface area contributed by atoms with Gasteiger partial charge in [-0.15, -0.1) is 0 Å². The van der Waals surface area contributed by atoms with Crippen LogP contribution in [-0.4, -0.2) is 82.6 Å². The number of alkyl halides is 3. The van der Waals surface area contributed by atoms with Crippen LogP contribution in [0.2, 0.25) is 0 Å². The summed E-state index contributed by atoms with van der Waals surface area (Å²) in [6.45, 7) is 0.549. The number of carboxylic acid groups (broad SMARTS) is 1. The summed E-state index contributed by atoms with van der Waals surface area (Å²) in [5.41, 5.74) is 14.6. The third-order valence-electron chi connectivity index (χ3n) is 8.26. The predicted octanol–water partition coefficient (Wildman–Crippen LogP) is 2.32. The van der Waals surface area contributed by atoms with Gasteiger partial charge in [0.1, 0.15) is 11.8 Å². The molecule has 274 valence electrons. The minimum atomic E-state index is -5.08. The maximum atomic E-state index is 13.4. The molecule has 4 atom stereocenters. The number of likely N-dealkylation sites (tertiary alicyclic amines) is 1. The third-order valence-corrected chi connectivity index (χ3v) is 8.26. The second-order valence-corrected chi connectivity index (χ2v) is 12.1. The molecule has 0 radical (unpaired) electrons. The van der Waals surface area contributed by atoms with E-state index in [0.717, 1.165) is 16.7 Å². The number of halogens is 3. The summed E-state index contributed by atoms with van der Waals surface area (Å²) in [5.74, 6) is -5.29. The van der Waals surface area contributed by atoms with E-state index < -0.39 is 42.0 Å². The zero-order valence-electron chi connectivity index (χ0n) is 27.7. The average molecular weight is 714 g/mol. The predicted molar refractivity (Wildman–Crippen MR) is 181 cm³/mol. The molecule has 15 heteroatoms. The molecule has 8 N–H and O–H groups in total. The standard InChI is InChI=1S/C34H41N5O5.C2HF3O2/c35-29(20-25-13-15-28(40)16-14-25)34(44)39-17-7-12-30(39)33(43)38-22-27(19-24-10-5-2-6-11-24)32(42)37-21-26(31(36)41)18-23-8-3-1-4-9-23;3-2(4,5)1(6)7/h1-6,8-11,13-16,26-27,29-30,40H,7,12,17-22,35H2,(H2,36,41)(H,37,42)(H,38,43);(H,6,7)/t26-,27-,29-,30-;/m0./s1. The topological polar surface area (TPSA) is 205 Å². The maximum absolute atomic E-state index is 13.4. The van der Waals surface area contributed by atoms with Crippen LogP contribution in [0.1, 0.15) is 29.5 Å². The van der Waals surface area contributed by atoms with Crippen molar-refractivity contribution in [3.63, 3.8) is 0 Å². The van der Waals surface area contributed by atoms with Gasteiger partial charge >= 0.3 is 12.1 Å². The van der Waals surface area contributed by atoms with E-state index in [1.54, 1.807) is 12.1 Å². The molecular formula is C36H42F3N5O7. The van der Waals surface area contributed by atoms with Crippen molar-refractivity contribution in [1.82, 2.24) is 15.5 Å². The van der Waals surface area contributed by atoms with Crippen LogP contribution in [-0.2, 0) is 43.2 Å². The number of nitrogens with one attached hydrogen (secondary N) is 2. The molecular weight excluding hydrogens is 671 g/mol. The van der Waals surface area contributed by atoms with Crippen LogP contribution in [0.3, 0.4) is 0 Å². The van der Waals surface area contributed by atoms with Crippen molar-refractivity contribution in [1.29, 1.82) is 0 Å². The Morgan fingerprint density at radius 1 is 0.784 bits per heavy atom. The molecule has 4 rings (SSSR count). The number of rotatable bonds is 14. The van der Waals surface area contributed by atoms with Gasteiger partial charge < -0.3 is 37.2 Å². The average Bonchev–Trinajstić information content (AvgIpc) is 3.60. The number of hydrogen-bond donors (Lipinski definition) is 6. The van der Waals surface area contributed by atoms with Gasteiger partial charge in [0.2, 0.25) is 23.6 Å². The van der Waals surface area contributed by atoms with Crippen molar-refractivity contribution in [2.45, 2.75) is 50.4 Å². The van der Waals surface area contributed by atoms with E-state index in [4.69, 9.17) is 21.4 Å². The fraction of sp³-hybridized carbons (Fsp3) is 0.361. The number of primary amides is 1. The van der Waals surface area contributed by atoms with Gasteiger partial charge in [0.15, 0.2) is 0 Å². The molecule has 0 spiro atoms. The molecule has 0 unspecified atom stereocenters. The number of carboxylic acids is 1. The molecule has 0 bridgehead atoms. The summed E-state index contributed by atoms with van der Waals surface area (Å²) < 4.78 is 31.7. The normalized spacial score (nSPS) is 15.8. The van der Waals surface area contributed by atoms with E-state index in [1.807, 2.05) is 60.7 Å². The first-order valence-electron chi connectivity index (χ1n) is 16.2. The minimum absolute atomic E-state index is 0.0532. The van der Waals surface area contributed by atoms with E-state index in [1.165, 1.54) is 17.0 Å². The monoisotopic (exact) mass is 713 g/mol. The Hall–Kier alpha value is -5.44. The van der Waals surface area contributed by atoms with Crippen LogP contribution in [0.25, 0.3) is 0 Å². The van der Waals surface area contributed by atoms with Gasteiger partial charge in [0.05, 0.1) is 17.9 Å². The molecule has 12 nitrogen and oxygen atoms in total. The highest BCUT2D eigenvalue weighted by molar-refractivity contribution is 5.91. The first kappa shape index (κ1) is 40.0. The number of amides is 4. The number of phenols is 1. The molecule has 0 aromatic heterocycles. The third kappa shape index (κ3) is 13.1. The fourth-order valence-corrected chi connectivity index (χ4v) is 5.53. The summed E-state index contributed by atoms with van der Waals surface area (Å²) in [6.07, 6.45) is -2.87. The molecule has 1 heterocycles. The minimum Gasteiger partial charge on any atom is -0.508 e. The number of benzene rings is 3. The molecule has 0 aliphatic carbocycles. The number of nitrogens with zero attached hydrogens (tertiary/aromatic N) is 1.